The number of aryl methyl sites for hydroxylation is 1. The number of carbonyl (C=O) groups is 1. The molecule has 0 saturated carbocycles. The summed E-state index contributed by atoms with van der Waals surface area (Å²) in [6.45, 7) is 4.38. The van der Waals surface area contributed by atoms with Gasteiger partial charge in [-0.1, -0.05) is 6.07 Å². The van der Waals surface area contributed by atoms with E-state index in [1.807, 2.05) is 17.9 Å². The summed E-state index contributed by atoms with van der Waals surface area (Å²) in [5, 5.41) is 11.9. The molecule has 4 N–H and O–H groups in total. The largest absolute Gasteiger partial charge is 0.399 e. The molecule has 0 fully saturated rings. The van der Waals surface area contributed by atoms with Gasteiger partial charge in [0.15, 0.2) is 0 Å². The molecule has 0 saturated heterocycles. The number of ether oxygens (including phenoxy) is 1. The number of methoxy groups -OCH3 is 1. The van der Waals surface area contributed by atoms with Crippen LogP contribution in [0.3, 0.4) is 0 Å². The lowest BCUT2D eigenvalue weighted by molar-refractivity contribution is -0.116. The Hall–Kier alpha value is -1.63. The second kappa shape index (κ2) is 9.33. The van der Waals surface area contributed by atoms with Crippen LogP contribution < -0.4 is 11.1 Å². The van der Waals surface area contributed by atoms with E-state index in [0.29, 0.717) is 38.3 Å². The Bertz CT molecular complexity index is 452. The van der Waals surface area contributed by atoms with E-state index >= 15 is 0 Å². The van der Waals surface area contributed by atoms with Gasteiger partial charge in [0.1, 0.15) is 0 Å². The molecule has 0 heterocycles. The van der Waals surface area contributed by atoms with Gasteiger partial charge in [0, 0.05) is 44.5 Å². The molecule has 0 unspecified atom stereocenters. The first-order valence-electron chi connectivity index (χ1n) is 7.05. The number of nitrogens with zero attached hydrogens (tertiary/aromatic N) is 1. The van der Waals surface area contributed by atoms with E-state index in [1.165, 1.54) is 0 Å². The van der Waals surface area contributed by atoms with Crippen LogP contribution in [-0.4, -0.2) is 55.9 Å². The number of benzene rings is 1. The second-order valence-corrected chi connectivity index (χ2v) is 4.93. The first-order valence-corrected chi connectivity index (χ1v) is 7.05. The van der Waals surface area contributed by atoms with E-state index in [4.69, 9.17) is 15.6 Å². The van der Waals surface area contributed by atoms with Gasteiger partial charge in [0.25, 0.3) is 0 Å². The number of nitrogen functional groups attached to an aromatic ring is 1. The Kier molecular flexibility index (Phi) is 7.74. The van der Waals surface area contributed by atoms with Crippen LogP contribution >= 0.6 is 0 Å². The lowest BCUT2D eigenvalue weighted by Gasteiger charge is -2.20. The van der Waals surface area contributed by atoms with Crippen molar-refractivity contribution >= 4 is 17.3 Å². The fraction of sp³-hybridized carbons (Fsp3) is 0.533. The second-order valence-electron chi connectivity index (χ2n) is 4.93. The standard InChI is InChI=1S/C15H25N3O3/c1-12-3-4-13(16)11-14(12)17-15(20)5-6-18(7-9-19)8-10-21-2/h3-4,11,19H,5-10,16H2,1-2H3,(H,17,20). The summed E-state index contributed by atoms with van der Waals surface area (Å²) in [6, 6.07) is 5.43. The van der Waals surface area contributed by atoms with E-state index in [1.54, 1.807) is 19.2 Å². The molecular formula is C15H25N3O3. The molecule has 0 spiro atoms. The van der Waals surface area contributed by atoms with Crippen LogP contribution in [-0.2, 0) is 9.53 Å². The van der Waals surface area contributed by atoms with E-state index in [9.17, 15) is 4.79 Å². The molecule has 1 rings (SSSR count). The average molecular weight is 295 g/mol. The number of hydrogen-bond donors (Lipinski definition) is 3. The molecule has 0 aliphatic heterocycles. The average Bonchev–Trinajstić information content (AvgIpc) is 2.46. The summed E-state index contributed by atoms with van der Waals surface area (Å²) in [7, 11) is 1.63. The van der Waals surface area contributed by atoms with Crippen LogP contribution in [0, 0.1) is 6.92 Å². The Labute approximate surface area is 125 Å². The number of hydrogen-bond acceptors (Lipinski definition) is 5. The highest BCUT2D eigenvalue weighted by Crippen LogP contribution is 2.18. The molecule has 6 nitrogen and oxygen atoms in total. The number of amides is 1. The van der Waals surface area contributed by atoms with Crippen molar-refractivity contribution in [1.29, 1.82) is 0 Å². The highest BCUT2D eigenvalue weighted by atomic mass is 16.5. The van der Waals surface area contributed by atoms with Crippen molar-refractivity contribution in [2.75, 3.05) is 51.0 Å². The molecule has 21 heavy (non-hydrogen) atoms. The van der Waals surface area contributed by atoms with Crippen molar-refractivity contribution in [2.24, 2.45) is 0 Å². The van der Waals surface area contributed by atoms with Crippen molar-refractivity contribution in [2.45, 2.75) is 13.3 Å². The lowest BCUT2D eigenvalue weighted by Crippen LogP contribution is -2.33. The van der Waals surface area contributed by atoms with E-state index in [-0.39, 0.29) is 12.5 Å². The summed E-state index contributed by atoms with van der Waals surface area (Å²) >= 11 is 0. The van der Waals surface area contributed by atoms with Gasteiger partial charge >= 0.3 is 0 Å². The monoisotopic (exact) mass is 295 g/mol. The lowest BCUT2D eigenvalue weighted by atomic mass is 10.2. The number of nitrogens with one attached hydrogen (secondary N) is 1. The molecular weight excluding hydrogens is 270 g/mol. The fourth-order valence-electron chi connectivity index (χ4n) is 1.94. The molecule has 0 atom stereocenters. The van der Waals surface area contributed by atoms with Crippen LogP contribution in [0.2, 0.25) is 0 Å². The van der Waals surface area contributed by atoms with Gasteiger partial charge in [-0.2, -0.15) is 0 Å². The molecule has 1 amide bonds. The van der Waals surface area contributed by atoms with Gasteiger partial charge in [-0.05, 0) is 24.6 Å². The van der Waals surface area contributed by atoms with Crippen LogP contribution in [0.25, 0.3) is 0 Å². The third-order valence-corrected chi connectivity index (χ3v) is 3.22. The summed E-state index contributed by atoms with van der Waals surface area (Å²) in [5.41, 5.74) is 8.06. The number of carbonyl (C=O) groups excluding carboxylic acids is 1. The van der Waals surface area contributed by atoms with Crippen molar-refractivity contribution < 1.29 is 14.6 Å². The van der Waals surface area contributed by atoms with Crippen LogP contribution in [0.1, 0.15) is 12.0 Å². The Morgan fingerprint density at radius 2 is 2.14 bits per heavy atom. The Morgan fingerprint density at radius 1 is 1.38 bits per heavy atom. The molecule has 0 aliphatic rings. The molecule has 0 aromatic heterocycles. The molecule has 1 aromatic rings. The highest BCUT2D eigenvalue weighted by molar-refractivity contribution is 5.92. The van der Waals surface area contributed by atoms with E-state index in [2.05, 4.69) is 5.32 Å². The third-order valence-electron chi connectivity index (χ3n) is 3.22. The van der Waals surface area contributed by atoms with Crippen molar-refractivity contribution in [3.05, 3.63) is 23.8 Å². The molecule has 0 aliphatic carbocycles. The van der Waals surface area contributed by atoms with Crippen LogP contribution in [0.5, 0.6) is 0 Å². The van der Waals surface area contributed by atoms with Crippen molar-refractivity contribution in [1.82, 2.24) is 4.90 Å². The number of nitrogens with two attached hydrogens (primary N) is 1. The predicted octanol–water partition coefficient (Wildman–Crippen LogP) is 0.847. The Balaban J connectivity index is 2.46. The first kappa shape index (κ1) is 17.4. The summed E-state index contributed by atoms with van der Waals surface area (Å²) in [6.07, 6.45) is 0.359. The van der Waals surface area contributed by atoms with E-state index in [0.717, 1.165) is 11.3 Å². The number of anilines is 2. The minimum atomic E-state index is -0.0657. The van der Waals surface area contributed by atoms with Gasteiger partial charge in [-0.3, -0.25) is 9.69 Å². The third kappa shape index (κ3) is 6.57. The summed E-state index contributed by atoms with van der Waals surface area (Å²) in [5.74, 6) is -0.0657. The number of aliphatic hydroxyl groups is 1. The topological polar surface area (TPSA) is 87.8 Å². The fourth-order valence-corrected chi connectivity index (χ4v) is 1.94. The highest BCUT2D eigenvalue weighted by Gasteiger charge is 2.09. The quantitative estimate of drug-likeness (QED) is 0.588. The normalized spacial score (nSPS) is 10.9. The first-order chi connectivity index (χ1) is 10.1. The van der Waals surface area contributed by atoms with Crippen LogP contribution in [0.4, 0.5) is 11.4 Å². The molecule has 1 aromatic carbocycles. The molecule has 118 valence electrons. The van der Waals surface area contributed by atoms with E-state index < -0.39 is 0 Å². The van der Waals surface area contributed by atoms with Crippen molar-refractivity contribution in [3.63, 3.8) is 0 Å². The smallest absolute Gasteiger partial charge is 0.225 e. The zero-order valence-electron chi connectivity index (χ0n) is 12.8. The zero-order valence-corrected chi connectivity index (χ0v) is 12.8. The van der Waals surface area contributed by atoms with Crippen LogP contribution in [0.15, 0.2) is 18.2 Å². The number of rotatable bonds is 9. The molecule has 0 radical (unpaired) electrons. The molecule has 6 heteroatoms. The van der Waals surface area contributed by atoms with Gasteiger partial charge in [-0.15, -0.1) is 0 Å². The van der Waals surface area contributed by atoms with Gasteiger partial charge in [0.2, 0.25) is 5.91 Å². The summed E-state index contributed by atoms with van der Waals surface area (Å²) < 4.78 is 5.01. The zero-order chi connectivity index (χ0) is 15.7. The molecule has 0 bridgehead atoms. The Morgan fingerprint density at radius 3 is 2.81 bits per heavy atom. The summed E-state index contributed by atoms with van der Waals surface area (Å²) in [4.78, 5) is 14.0. The minimum absolute atomic E-state index is 0.0657. The van der Waals surface area contributed by atoms with Gasteiger partial charge < -0.3 is 20.9 Å². The maximum absolute atomic E-state index is 12.0. The minimum Gasteiger partial charge on any atom is -0.399 e. The number of aliphatic hydroxyl groups excluding tert-OH is 1. The maximum Gasteiger partial charge on any atom is 0.225 e. The van der Waals surface area contributed by atoms with Crippen molar-refractivity contribution in [3.8, 4) is 0 Å². The SMILES string of the molecule is COCCN(CCO)CCC(=O)Nc1cc(N)ccc1C. The van der Waals surface area contributed by atoms with Gasteiger partial charge in [-0.25, -0.2) is 0 Å². The predicted molar refractivity (Wildman–Crippen MR) is 84.2 cm³/mol. The van der Waals surface area contributed by atoms with Gasteiger partial charge in [0.05, 0.1) is 13.2 Å². The maximum atomic E-state index is 12.0.